The van der Waals surface area contributed by atoms with Crippen molar-refractivity contribution in [3.8, 4) is 5.75 Å². The highest BCUT2D eigenvalue weighted by molar-refractivity contribution is 5.79. The number of rotatable bonds is 4. The Bertz CT molecular complexity index is 669. The van der Waals surface area contributed by atoms with Crippen LogP contribution < -0.4 is 4.74 Å². The summed E-state index contributed by atoms with van der Waals surface area (Å²) in [5.41, 5.74) is 2.31. The summed E-state index contributed by atoms with van der Waals surface area (Å²) in [5.74, 6) is 1.43. The second-order valence-electron chi connectivity index (χ2n) is 6.43. The van der Waals surface area contributed by atoms with E-state index in [0.29, 0.717) is 12.3 Å². The summed E-state index contributed by atoms with van der Waals surface area (Å²) in [6.45, 7) is 1.68. The number of carbonyl (C=O) groups excluding carboxylic acids is 1. The monoisotopic (exact) mass is 323 g/mol. The Labute approximate surface area is 144 Å². The van der Waals surface area contributed by atoms with Crippen molar-refractivity contribution in [1.29, 1.82) is 0 Å². The number of para-hydroxylation sites is 1. The van der Waals surface area contributed by atoms with Crippen LogP contribution >= 0.6 is 0 Å². The highest BCUT2D eigenvalue weighted by Crippen LogP contribution is 2.27. The third-order valence-corrected chi connectivity index (χ3v) is 4.83. The number of hydrogen-bond donors (Lipinski definition) is 0. The first-order chi connectivity index (χ1) is 11.8. The van der Waals surface area contributed by atoms with E-state index in [1.165, 1.54) is 12.0 Å². The van der Waals surface area contributed by atoms with E-state index in [2.05, 4.69) is 24.3 Å². The minimum Gasteiger partial charge on any atom is -0.496 e. The van der Waals surface area contributed by atoms with Crippen molar-refractivity contribution in [3.63, 3.8) is 0 Å². The third kappa shape index (κ3) is 3.97. The molecule has 2 aromatic carbocycles. The molecule has 3 heteroatoms. The fourth-order valence-electron chi connectivity index (χ4n) is 3.49. The van der Waals surface area contributed by atoms with Crippen LogP contribution in [0.25, 0.3) is 0 Å². The molecule has 1 aliphatic heterocycles. The number of ether oxygens (including phenoxy) is 1. The molecule has 2 aromatic rings. The van der Waals surface area contributed by atoms with Crippen LogP contribution in [0.4, 0.5) is 0 Å². The number of amides is 1. The lowest BCUT2D eigenvalue weighted by Crippen LogP contribution is -2.35. The summed E-state index contributed by atoms with van der Waals surface area (Å²) in [6, 6.07) is 18.4. The van der Waals surface area contributed by atoms with Gasteiger partial charge in [0.25, 0.3) is 0 Å². The van der Waals surface area contributed by atoms with Crippen LogP contribution in [-0.2, 0) is 11.2 Å². The molecule has 1 aliphatic rings. The maximum absolute atomic E-state index is 12.8. The lowest BCUT2D eigenvalue weighted by atomic mass is 9.94. The molecule has 3 rings (SSSR count). The Morgan fingerprint density at radius 1 is 1.08 bits per heavy atom. The predicted molar refractivity (Wildman–Crippen MR) is 96.3 cm³/mol. The van der Waals surface area contributed by atoms with Crippen molar-refractivity contribution in [2.45, 2.75) is 31.6 Å². The molecule has 0 radical (unpaired) electrons. The number of likely N-dealkylation sites (tertiary alicyclic amines) is 1. The van der Waals surface area contributed by atoms with E-state index in [-0.39, 0.29) is 5.91 Å². The molecule has 1 fully saturated rings. The number of carbonyl (C=O) groups is 1. The number of nitrogens with zero attached hydrogens (tertiary/aromatic N) is 1. The maximum Gasteiger partial charge on any atom is 0.227 e. The van der Waals surface area contributed by atoms with Crippen LogP contribution in [0.5, 0.6) is 5.75 Å². The molecule has 24 heavy (non-hydrogen) atoms. The first-order valence-corrected chi connectivity index (χ1v) is 8.72. The average molecular weight is 323 g/mol. The zero-order valence-electron chi connectivity index (χ0n) is 14.3. The first-order valence-electron chi connectivity index (χ1n) is 8.72. The molecule has 3 nitrogen and oxygen atoms in total. The van der Waals surface area contributed by atoms with Crippen LogP contribution in [0.3, 0.4) is 0 Å². The molecule has 1 amide bonds. The van der Waals surface area contributed by atoms with E-state index >= 15 is 0 Å². The van der Waals surface area contributed by atoms with Crippen LogP contribution in [0.2, 0.25) is 0 Å². The van der Waals surface area contributed by atoms with E-state index < -0.39 is 0 Å². The SMILES string of the molecule is COc1ccccc1CC(=O)N1CCCCC(c2ccccc2)C1. The number of methoxy groups -OCH3 is 1. The molecule has 0 spiro atoms. The van der Waals surface area contributed by atoms with Gasteiger partial charge in [-0.15, -0.1) is 0 Å². The van der Waals surface area contributed by atoms with Crippen molar-refractivity contribution in [1.82, 2.24) is 4.90 Å². The quantitative estimate of drug-likeness (QED) is 0.850. The molecule has 1 atom stereocenters. The minimum atomic E-state index is 0.197. The van der Waals surface area contributed by atoms with Gasteiger partial charge in [-0.3, -0.25) is 4.79 Å². The first kappa shape index (κ1) is 16.6. The topological polar surface area (TPSA) is 29.5 Å². The van der Waals surface area contributed by atoms with Gasteiger partial charge in [0.15, 0.2) is 0 Å². The van der Waals surface area contributed by atoms with Gasteiger partial charge in [0.05, 0.1) is 13.5 Å². The third-order valence-electron chi connectivity index (χ3n) is 4.83. The molecular formula is C21H25NO2. The standard InChI is InChI=1S/C21H25NO2/c1-24-20-13-6-5-11-18(20)15-21(23)22-14-8-7-12-19(16-22)17-9-3-2-4-10-17/h2-6,9-11,13,19H,7-8,12,14-16H2,1H3. The number of hydrogen-bond acceptors (Lipinski definition) is 2. The van der Waals surface area contributed by atoms with Crippen LogP contribution in [0.1, 0.15) is 36.3 Å². The Kier molecular flexibility index (Phi) is 5.52. The molecule has 0 aliphatic carbocycles. The van der Waals surface area contributed by atoms with Crippen molar-refractivity contribution < 1.29 is 9.53 Å². The smallest absolute Gasteiger partial charge is 0.227 e. The van der Waals surface area contributed by atoms with Gasteiger partial charge in [0.1, 0.15) is 5.75 Å². The molecule has 0 aromatic heterocycles. The largest absolute Gasteiger partial charge is 0.496 e. The Balaban J connectivity index is 1.71. The highest BCUT2D eigenvalue weighted by Gasteiger charge is 2.23. The van der Waals surface area contributed by atoms with Crippen molar-refractivity contribution in [2.75, 3.05) is 20.2 Å². The maximum atomic E-state index is 12.8. The van der Waals surface area contributed by atoms with Crippen molar-refractivity contribution in [3.05, 3.63) is 65.7 Å². The van der Waals surface area contributed by atoms with E-state index in [1.54, 1.807) is 7.11 Å². The summed E-state index contributed by atoms with van der Waals surface area (Å²) >= 11 is 0. The van der Waals surface area contributed by atoms with Gasteiger partial charge in [0, 0.05) is 24.6 Å². The highest BCUT2D eigenvalue weighted by atomic mass is 16.5. The molecule has 0 N–H and O–H groups in total. The second kappa shape index (κ2) is 8.00. The summed E-state index contributed by atoms with van der Waals surface area (Å²) in [6.07, 6.45) is 3.83. The minimum absolute atomic E-state index is 0.197. The van der Waals surface area contributed by atoms with Gasteiger partial charge >= 0.3 is 0 Å². The zero-order valence-corrected chi connectivity index (χ0v) is 14.3. The van der Waals surface area contributed by atoms with Gasteiger partial charge in [-0.05, 0) is 24.5 Å². The number of benzene rings is 2. The molecule has 0 saturated carbocycles. The van der Waals surface area contributed by atoms with Crippen LogP contribution in [0.15, 0.2) is 54.6 Å². The lowest BCUT2D eigenvalue weighted by Gasteiger charge is -2.25. The molecule has 1 unspecified atom stereocenters. The summed E-state index contributed by atoms with van der Waals surface area (Å²) in [7, 11) is 1.65. The fourth-order valence-corrected chi connectivity index (χ4v) is 3.49. The van der Waals surface area contributed by atoms with Gasteiger partial charge in [-0.25, -0.2) is 0 Å². The van der Waals surface area contributed by atoms with Crippen LogP contribution in [0, 0.1) is 0 Å². The fraction of sp³-hybridized carbons (Fsp3) is 0.381. The van der Waals surface area contributed by atoms with Crippen molar-refractivity contribution in [2.24, 2.45) is 0 Å². The van der Waals surface area contributed by atoms with Gasteiger partial charge in [-0.2, -0.15) is 0 Å². The summed E-state index contributed by atoms with van der Waals surface area (Å²) < 4.78 is 5.38. The van der Waals surface area contributed by atoms with Gasteiger partial charge in [0.2, 0.25) is 5.91 Å². The van der Waals surface area contributed by atoms with Crippen molar-refractivity contribution >= 4 is 5.91 Å². The normalized spacial score (nSPS) is 18.0. The Morgan fingerprint density at radius 2 is 1.83 bits per heavy atom. The lowest BCUT2D eigenvalue weighted by molar-refractivity contribution is -0.130. The molecule has 1 saturated heterocycles. The molecule has 0 bridgehead atoms. The van der Waals surface area contributed by atoms with E-state index in [1.807, 2.05) is 35.2 Å². The predicted octanol–water partition coefficient (Wildman–Crippen LogP) is 4.03. The van der Waals surface area contributed by atoms with E-state index in [0.717, 1.165) is 37.2 Å². The van der Waals surface area contributed by atoms with Crippen LogP contribution in [-0.4, -0.2) is 31.0 Å². The van der Waals surface area contributed by atoms with Gasteiger partial charge in [-0.1, -0.05) is 55.0 Å². The summed E-state index contributed by atoms with van der Waals surface area (Å²) in [5, 5.41) is 0. The Hall–Kier alpha value is -2.29. The average Bonchev–Trinajstić information content (AvgIpc) is 2.89. The zero-order chi connectivity index (χ0) is 16.8. The molecular weight excluding hydrogens is 298 g/mol. The molecule has 1 heterocycles. The van der Waals surface area contributed by atoms with E-state index in [4.69, 9.17) is 4.74 Å². The Morgan fingerprint density at radius 3 is 2.62 bits per heavy atom. The van der Waals surface area contributed by atoms with Gasteiger partial charge < -0.3 is 9.64 Å². The molecule has 126 valence electrons. The summed E-state index contributed by atoms with van der Waals surface area (Å²) in [4.78, 5) is 14.9. The second-order valence-corrected chi connectivity index (χ2v) is 6.43. The van der Waals surface area contributed by atoms with E-state index in [9.17, 15) is 4.79 Å².